The highest BCUT2D eigenvalue weighted by molar-refractivity contribution is 5.40. The normalized spacial score (nSPS) is 19.5. The zero-order valence-corrected chi connectivity index (χ0v) is 17.9. The van der Waals surface area contributed by atoms with E-state index in [1.165, 1.54) is 11.1 Å². The van der Waals surface area contributed by atoms with Crippen LogP contribution in [0.15, 0.2) is 84.9 Å². The van der Waals surface area contributed by atoms with Gasteiger partial charge in [-0.2, -0.15) is 0 Å². The summed E-state index contributed by atoms with van der Waals surface area (Å²) in [5.74, 6) is 2.15. The topological polar surface area (TPSA) is 24.9 Å². The molecule has 0 N–H and O–H groups in total. The molecule has 0 saturated carbocycles. The number of nitrogens with zero attached hydrogens (tertiary/aromatic N) is 2. The van der Waals surface area contributed by atoms with Gasteiger partial charge in [-0.25, -0.2) is 0 Å². The van der Waals surface area contributed by atoms with Crippen LogP contribution in [0.4, 0.5) is 0 Å². The fourth-order valence-corrected chi connectivity index (χ4v) is 4.67. The summed E-state index contributed by atoms with van der Waals surface area (Å²) in [6.07, 6.45) is 1.14. The third kappa shape index (κ3) is 4.76. The van der Waals surface area contributed by atoms with Gasteiger partial charge in [-0.05, 0) is 36.2 Å². The van der Waals surface area contributed by atoms with Crippen molar-refractivity contribution in [2.75, 3.05) is 39.3 Å². The Morgan fingerprint density at radius 1 is 0.710 bits per heavy atom. The van der Waals surface area contributed by atoms with E-state index in [2.05, 4.69) is 70.5 Å². The molecule has 3 aromatic carbocycles. The lowest BCUT2D eigenvalue weighted by molar-refractivity contribution is -0.0494. The zero-order valence-electron chi connectivity index (χ0n) is 17.9. The summed E-state index contributed by atoms with van der Waals surface area (Å²) in [6, 6.07) is 29.8. The first kappa shape index (κ1) is 20.1. The minimum Gasteiger partial charge on any atom is -0.484 e. The van der Waals surface area contributed by atoms with Gasteiger partial charge in [-0.3, -0.25) is 4.90 Å². The number of ether oxygens (including phenoxy) is 2. The van der Waals surface area contributed by atoms with Crippen LogP contribution >= 0.6 is 0 Å². The molecule has 160 valence electrons. The van der Waals surface area contributed by atoms with Crippen LogP contribution in [0.1, 0.15) is 23.5 Å². The second kappa shape index (κ2) is 9.54. The van der Waals surface area contributed by atoms with E-state index in [1.54, 1.807) is 0 Å². The molecule has 3 aromatic rings. The van der Waals surface area contributed by atoms with Crippen molar-refractivity contribution in [3.8, 4) is 11.5 Å². The van der Waals surface area contributed by atoms with E-state index in [0.717, 1.165) is 50.6 Å². The van der Waals surface area contributed by atoms with Crippen LogP contribution in [-0.2, 0) is 0 Å². The molecule has 2 heterocycles. The summed E-state index contributed by atoms with van der Waals surface area (Å²) in [4.78, 5) is 5.01. The Bertz CT molecular complexity index is 916. The van der Waals surface area contributed by atoms with E-state index in [1.807, 2.05) is 24.3 Å². The number of hydrogen-bond acceptors (Lipinski definition) is 4. The molecule has 5 rings (SSSR count). The van der Waals surface area contributed by atoms with E-state index in [4.69, 9.17) is 9.47 Å². The van der Waals surface area contributed by atoms with Gasteiger partial charge in [0.05, 0.1) is 0 Å². The lowest BCUT2D eigenvalue weighted by atomic mass is 9.88. The molecule has 0 radical (unpaired) electrons. The molecule has 4 heteroatoms. The second-order valence-electron chi connectivity index (χ2n) is 8.37. The molecule has 1 unspecified atom stereocenters. The number of rotatable bonds is 6. The van der Waals surface area contributed by atoms with Crippen molar-refractivity contribution in [2.45, 2.75) is 18.6 Å². The van der Waals surface area contributed by atoms with Crippen LogP contribution in [0.25, 0.3) is 0 Å². The highest BCUT2D eigenvalue weighted by atomic mass is 16.6. The Morgan fingerprint density at radius 2 is 1.29 bits per heavy atom. The first-order chi connectivity index (χ1) is 15.4. The SMILES string of the molecule is c1ccc(C(CCN2CCN(C3COc4ccccc4O3)CC2)c2ccccc2)cc1. The van der Waals surface area contributed by atoms with Gasteiger partial charge in [0.15, 0.2) is 17.7 Å². The summed E-state index contributed by atoms with van der Waals surface area (Å²) < 4.78 is 12.1. The summed E-state index contributed by atoms with van der Waals surface area (Å²) in [5.41, 5.74) is 2.80. The molecule has 1 saturated heterocycles. The minimum atomic E-state index is 0.0124. The van der Waals surface area contributed by atoms with Crippen LogP contribution in [0.3, 0.4) is 0 Å². The molecule has 0 aliphatic carbocycles. The molecular formula is C27H30N2O2. The van der Waals surface area contributed by atoms with Crippen LogP contribution in [0, 0.1) is 0 Å². The van der Waals surface area contributed by atoms with Crippen LogP contribution in [0.2, 0.25) is 0 Å². The Hall–Kier alpha value is -2.82. The van der Waals surface area contributed by atoms with Gasteiger partial charge >= 0.3 is 0 Å². The van der Waals surface area contributed by atoms with E-state index in [0.29, 0.717) is 12.5 Å². The van der Waals surface area contributed by atoms with Crippen molar-refractivity contribution in [3.05, 3.63) is 96.1 Å². The number of hydrogen-bond donors (Lipinski definition) is 0. The fourth-order valence-electron chi connectivity index (χ4n) is 4.67. The maximum atomic E-state index is 6.20. The molecule has 0 aromatic heterocycles. The monoisotopic (exact) mass is 414 g/mol. The first-order valence-electron chi connectivity index (χ1n) is 11.3. The van der Waals surface area contributed by atoms with Gasteiger partial charge in [0, 0.05) is 32.1 Å². The van der Waals surface area contributed by atoms with Crippen molar-refractivity contribution in [3.63, 3.8) is 0 Å². The van der Waals surface area contributed by atoms with Crippen LogP contribution < -0.4 is 9.47 Å². The van der Waals surface area contributed by atoms with Crippen LogP contribution in [0.5, 0.6) is 11.5 Å². The quantitative estimate of drug-likeness (QED) is 0.587. The molecule has 2 aliphatic rings. The van der Waals surface area contributed by atoms with E-state index >= 15 is 0 Å². The molecule has 1 fully saturated rings. The lowest BCUT2D eigenvalue weighted by Crippen LogP contribution is -2.54. The Morgan fingerprint density at radius 3 is 1.94 bits per heavy atom. The largest absolute Gasteiger partial charge is 0.484 e. The number of piperazine rings is 1. The summed E-state index contributed by atoms with van der Waals surface area (Å²) in [6.45, 7) is 5.86. The summed E-state index contributed by atoms with van der Waals surface area (Å²) in [7, 11) is 0. The fraction of sp³-hybridized carbons (Fsp3) is 0.333. The molecular weight excluding hydrogens is 384 g/mol. The number of fused-ring (bicyclic) bond motifs is 1. The van der Waals surface area contributed by atoms with Crippen molar-refractivity contribution in [2.24, 2.45) is 0 Å². The van der Waals surface area contributed by atoms with Crippen molar-refractivity contribution in [1.82, 2.24) is 9.80 Å². The van der Waals surface area contributed by atoms with Crippen molar-refractivity contribution in [1.29, 1.82) is 0 Å². The van der Waals surface area contributed by atoms with Crippen LogP contribution in [-0.4, -0.2) is 55.4 Å². The van der Waals surface area contributed by atoms with Crippen molar-refractivity contribution >= 4 is 0 Å². The second-order valence-corrected chi connectivity index (χ2v) is 8.37. The van der Waals surface area contributed by atoms with E-state index < -0.39 is 0 Å². The maximum absolute atomic E-state index is 6.20. The predicted octanol–water partition coefficient (Wildman–Crippen LogP) is 4.62. The van der Waals surface area contributed by atoms with E-state index in [9.17, 15) is 0 Å². The zero-order chi connectivity index (χ0) is 20.9. The molecule has 31 heavy (non-hydrogen) atoms. The standard InChI is InChI=1S/C27H30N2O2/c1-3-9-22(10-4-1)24(23-11-5-2-6-12-23)15-16-28-17-19-29(20-18-28)27-21-30-25-13-7-8-14-26(25)31-27/h1-14,24,27H,15-21H2. The van der Waals surface area contributed by atoms with Gasteiger partial charge in [0.1, 0.15) is 6.61 Å². The third-order valence-corrected chi connectivity index (χ3v) is 6.45. The average Bonchev–Trinajstić information content (AvgIpc) is 2.86. The number of para-hydroxylation sites is 2. The molecule has 0 spiro atoms. The highest BCUT2D eigenvalue weighted by Crippen LogP contribution is 2.32. The molecule has 2 aliphatic heterocycles. The lowest BCUT2D eigenvalue weighted by Gasteiger charge is -2.40. The Kier molecular flexibility index (Phi) is 6.19. The summed E-state index contributed by atoms with van der Waals surface area (Å²) in [5, 5.41) is 0. The van der Waals surface area contributed by atoms with Gasteiger partial charge in [-0.1, -0.05) is 72.8 Å². The van der Waals surface area contributed by atoms with Crippen molar-refractivity contribution < 1.29 is 9.47 Å². The molecule has 4 nitrogen and oxygen atoms in total. The van der Waals surface area contributed by atoms with Gasteiger partial charge in [-0.15, -0.1) is 0 Å². The highest BCUT2D eigenvalue weighted by Gasteiger charge is 2.29. The smallest absolute Gasteiger partial charge is 0.187 e. The predicted molar refractivity (Wildman–Crippen MR) is 124 cm³/mol. The van der Waals surface area contributed by atoms with Gasteiger partial charge in [0.25, 0.3) is 0 Å². The Balaban J connectivity index is 1.17. The van der Waals surface area contributed by atoms with Gasteiger partial charge < -0.3 is 14.4 Å². The van der Waals surface area contributed by atoms with E-state index in [-0.39, 0.29) is 6.23 Å². The minimum absolute atomic E-state index is 0.0124. The molecule has 1 atom stereocenters. The first-order valence-corrected chi connectivity index (χ1v) is 11.3. The summed E-state index contributed by atoms with van der Waals surface area (Å²) >= 11 is 0. The third-order valence-electron chi connectivity index (χ3n) is 6.45. The Labute approximate surface area is 185 Å². The average molecular weight is 415 g/mol. The number of benzene rings is 3. The molecule has 0 bridgehead atoms. The van der Waals surface area contributed by atoms with Gasteiger partial charge in [0.2, 0.25) is 0 Å². The molecule has 0 amide bonds. The maximum Gasteiger partial charge on any atom is 0.187 e.